The first-order valence-corrected chi connectivity index (χ1v) is 6.77. The molecule has 0 bridgehead atoms. The average Bonchev–Trinajstić information content (AvgIpc) is 2.41. The standard InChI is InChI=1S/C15H13Cl2FO2/c1-9(19)11-3-5-15(13(17)7-11)20-8-10-2-4-12(16)14(18)6-10/h2-7,9,19H,8H2,1H3. The van der Waals surface area contributed by atoms with Crippen molar-refractivity contribution in [1.29, 1.82) is 0 Å². The van der Waals surface area contributed by atoms with E-state index in [1.807, 2.05) is 0 Å². The zero-order chi connectivity index (χ0) is 14.7. The Morgan fingerprint density at radius 1 is 1.15 bits per heavy atom. The zero-order valence-electron chi connectivity index (χ0n) is 10.7. The van der Waals surface area contributed by atoms with Gasteiger partial charge in [0, 0.05) is 0 Å². The molecule has 0 saturated carbocycles. The van der Waals surface area contributed by atoms with E-state index in [1.165, 1.54) is 12.1 Å². The first kappa shape index (κ1) is 15.1. The molecule has 5 heteroatoms. The molecule has 0 amide bonds. The van der Waals surface area contributed by atoms with Crippen molar-refractivity contribution in [2.45, 2.75) is 19.6 Å². The lowest BCUT2D eigenvalue weighted by Gasteiger charge is -2.11. The van der Waals surface area contributed by atoms with Crippen molar-refractivity contribution in [3.63, 3.8) is 0 Å². The highest BCUT2D eigenvalue weighted by Gasteiger charge is 2.07. The Morgan fingerprint density at radius 2 is 1.90 bits per heavy atom. The number of hydrogen-bond donors (Lipinski definition) is 1. The van der Waals surface area contributed by atoms with E-state index in [0.29, 0.717) is 21.9 Å². The van der Waals surface area contributed by atoms with Crippen LogP contribution in [-0.4, -0.2) is 5.11 Å². The van der Waals surface area contributed by atoms with Crippen molar-refractivity contribution in [1.82, 2.24) is 0 Å². The number of benzene rings is 2. The molecule has 0 saturated heterocycles. The maximum absolute atomic E-state index is 13.3. The van der Waals surface area contributed by atoms with E-state index < -0.39 is 11.9 Å². The molecular formula is C15H13Cl2FO2. The van der Waals surface area contributed by atoms with Crippen molar-refractivity contribution in [3.8, 4) is 5.75 Å². The van der Waals surface area contributed by atoms with Gasteiger partial charge in [-0.1, -0.05) is 35.3 Å². The second-order valence-corrected chi connectivity index (χ2v) is 5.22. The summed E-state index contributed by atoms with van der Waals surface area (Å²) in [7, 11) is 0. The lowest BCUT2D eigenvalue weighted by atomic mass is 10.1. The largest absolute Gasteiger partial charge is 0.487 e. The highest BCUT2D eigenvalue weighted by molar-refractivity contribution is 6.32. The van der Waals surface area contributed by atoms with E-state index >= 15 is 0 Å². The number of hydrogen-bond acceptors (Lipinski definition) is 2. The number of rotatable bonds is 4. The maximum Gasteiger partial charge on any atom is 0.142 e. The quantitative estimate of drug-likeness (QED) is 0.881. The summed E-state index contributed by atoms with van der Waals surface area (Å²) in [4.78, 5) is 0. The third-order valence-electron chi connectivity index (χ3n) is 2.82. The summed E-state index contributed by atoms with van der Waals surface area (Å²) in [6, 6.07) is 9.53. The smallest absolute Gasteiger partial charge is 0.142 e. The minimum Gasteiger partial charge on any atom is -0.487 e. The summed E-state index contributed by atoms with van der Waals surface area (Å²) in [5.74, 6) is -0.00487. The summed E-state index contributed by atoms with van der Waals surface area (Å²) in [6.45, 7) is 1.84. The van der Waals surface area contributed by atoms with Gasteiger partial charge in [-0.3, -0.25) is 0 Å². The van der Waals surface area contributed by atoms with Gasteiger partial charge >= 0.3 is 0 Å². The Labute approximate surface area is 126 Å². The van der Waals surface area contributed by atoms with Crippen LogP contribution in [0.4, 0.5) is 4.39 Å². The molecule has 20 heavy (non-hydrogen) atoms. The van der Waals surface area contributed by atoms with E-state index in [2.05, 4.69) is 0 Å². The van der Waals surface area contributed by atoms with Gasteiger partial charge < -0.3 is 9.84 Å². The molecule has 2 aromatic rings. The minimum absolute atomic E-state index is 0.0769. The lowest BCUT2D eigenvalue weighted by molar-refractivity contribution is 0.199. The van der Waals surface area contributed by atoms with Crippen LogP contribution in [0.5, 0.6) is 5.75 Å². The Hall–Kier alpha value is -1.29. The third kappa shape index (κ3) is 3.63. The molecule has 0 heterocycles. The average molecular weight is 315 g/mol. The molecule has 1 unspecified atom stereocenters. The maximum atomic E-state index is 13.3. The molecule has 106 valence electrons. The monoisotopic (exact) mass is 314 g/mol. The molecule has 0 fully saturated rings. The highest BCUT2D eigenvalue weighted by Crippen LogP contribution is 2.28. The van der Waals surface area contributed by atoms with E-state index in [1.54, 1.807) is 31.2 Å². The zero-order valence-corrected chi connectivity index (χ0v) is 12.2. The van der Waals surface area contributed by atoms with E-state index in [9.17, 15) is 9.50 Å². The molecule has 0 aromatic heterocycles. The molecule has 2 aromatic carbocycles. The van der Waals surface area contributed by atoms with Crippen LogP contribution in [0.25, 0.3) is 0 Å². The Bertz CT molecular complexity index is 615. The van der Waals surface area contributed by atoms with Gasteiger partial charge in [-0.25, -0.2) is 4.39 Å². The third-order valence-corrected chi connectivity index (χ3v) is 3.42. The van der Waals surface area contributed by atoms with Gasteiger partial charge in [0.2, 0.25) is 0 Å². The van der Waals surface area contributed by atoms with Gasteiger partial charge in [-0.15, -0.1) is 0 Å². The summed E-state index contributed by atoms with van der Waals surface area (Å²) in [6.07, 6.45) is -0.591. The van der Waals surface area contributed by atoms with Gasteiger partial charge in [-0.2, -0.15) is 0 Å². The SMILES string of the molecule is CC(O)c1ccc(OCc2ccc(Cl)c(F)c2)c(Cl)c1. The summed E-state index contributed by atoms with van der Waals surface area (Å²) in [5, 5.41) is 9.93. The van der Waals surface area contributed by atoms with E-state index in [-0.39, 0.29) is 11.6 Å². The van der Waals surface area contributed by atoms with Crippen LogP contribution in [0.1, 0.15) is 24.2 Å². The van der Waals surface area contributed by atoms with Crippen LogP contribution in [0.3, 0.4) is 0 Å². The van der Waals surface area contributed by atoms with Crippen LogP contribution in [0, 0.1) is 5.82 Å². The normalized spacial score (nSPS) is 12.2. The Morgan fingerprint density at radius 3 is 2.50 bits per heavy atom. The van der Waals surface area contributed by atoms with E-state index in [4.69, 9.17) is 27.9 Å². The first-order valence-electron chi connectivity index (χ1n) is 6.01. The van der Waals surface area contributed by atoms with Crippen molar-refractivity contribution in [3.05, 3.63) is 63.4 Å². The fraction of sp³-hybridized carbons (Fsp3) is 0.200. The van der Waals surface area contributed by atoms with Crippen LogP contribution < -0.4 is 4.74 Å². The predicted molar refractivity (Wildman–Crippen MR) is 77.8 cm³/mol. The summed E-state index contributed by atoms with van der Waals surface area (Å²) >= 11 is 11.7. The first-order chi connectivity index (χ1) is 9.47. The molecule has 0 radical (unpaired) electrons. The van der Waals surface area contributed by atoms with Crippen LogP contribution >= 0.6 is 23.2 Å². The van der Waals surface area contributed by atoms with Gasteiger partial charge in [0.1, 0.15) is 18.2 Å². The Kier molecular flexibility index (Phi) is 4.86. The minimum atomic E-state index is -0.591. The molecule has 0 aliphatic heterocycles. The molecule has 2 rings (SSSR count). The molecule has 2 nitrogen and oxygen atoms in total. The second-order valence-electron chi connectivity index (χ2n) is 4.40. The molecule has 0 spiro atoms. The second kappa shape index (κ2) is 6.44. The van der Waals surface area contributed by atoms with E-state index in [0.717, 1.165) is 0 Å². The molecule has 0 aliphatic rings. The predicted octanol–water partition coefficient (Wildman–Crippen LogP) is 4.76. The van der Waals surface area contributed by atoms with Crippen molar-refractivity contribution >= 4 is 23.2 Å². The van der Waals surface area contributed by atoms with Crippen LogP contribution in [0.2, 0.25) is 10.0 Å². The van der Waals surface area contributed by atoms with Crippen molar-refractivity contribution < 1.29 is 14.2 Å². The van der Waals surface area contributed by atoms with Crippen LogP contribution in [0.15, 0.2) is 36.4 Å². The molecule has 1 atom stereocenters. The molecular weight excluding hydrogens is 302 g/mol. The van der Waals surface area contributed by atoms with Gasteiger partial charge in [0.25, 0.3) is 0 Å². The molecule has 1 N–H and O–H groups in total. The number of ether oxygens (including phenoxy) is 1. The van der Waals surface area contributed by atoms with Crippen LogP contribution in [-0.2, 0) is 6.61 Å². The highest BCUT2D eigenvalue weighted by atomic mass is 35.5. The lowest BCUT2D eigenvalue weighted by Crippen LogP contribution is -1.98. The van der Waals surface area contributed by atoms with Crippen molar-refractivity contribution in [2.24, 2.45) is 0 Å². The van der Waals surface area contributed by atoms with Gasteiger partial charge in [-0.05, 0) is 42.3 Å². The number of aliphatic hydroxyl groups excluding tert-OH is 1. The number of aliphatic hydroxyl groups is 1. The summed E-state index contributed by atoms with van der Waals surface area (Å²) in [5.41, 5.74) is 1.36. The van der Waals surface area contributed by atoms with Crippen molar-refractivity contribution in [2.75, 3.05) is 0 Å². The number of halogens is 3. The summed E-state index contributed by atoms with van der Waals surface area (Å²) < 4.78 is 18.8. The topological polar surface area (TPSA) is 29.5 Å². The fourth-order valence-corrected chi connectivity index (χ4v) is 2.05. The molecule has 0 aliphatic carbocycles. The Balaban J connectivity index is 2.09. The van der Waals surface area contributed by atoms with Gasteiger partial charge in [0.05, 0.1) is 16.1 Å². The fourth-order valence-electron chi connectivity index (χ4n) is 1.68. The van der Waals surface area contributed by atoms with Gasteiger partial charge in [0.15, 0.2) is 0 Å².